The van der Waals surface area contributed by atoms with Crippen LogP contribution in [0, 0.1) is 0 Å². The topological polar surface area (TPSA) is 69.2 Å². The van der Waals surface area contributed by atoms with E-state index in [1.54, 1.807) is 19.0 Å². The first-order chi connectivity index (χ1) is 14.5. The summed E-state index contributed by atoms with van der Waals surface area (Å²) in [5, 5.41) is 6.97. The van der Waals surface area contributed by atoms with Crippen molar-refractivity contribution < 1.29 is 9.53 Å². The Balaban J connectivity index is 1.62. The molecule has 3 rings (SSSR count). The van der Waals surface area contributed by atoms with E-state index in [4.69, 9.17) is 9.73 Å². The molecule has 1 atom stereocenters. The van der Waals surface area contributed by atoms with Gasteiger partial charge in [-0.15, -0.1) is 0 Å². The van der Waals surface area contributed by atoms with Gasteiger partial charge in [0.1, 0.15) is 0 Å². The average molecular weight is 434 g/mol. The van der Waals surface area contributed by atoms with Crippen LogP contribution in [0.5, 0.6) is 0 Å². The van der Waals surface area contributed by atoms with Crippen LogP contribution in [0.25, 0.3) is 0 Å². The van der Waals surface area contributed by atoms with Crippen LogP contribution in [0.3, 0.4) is 0 Å². The van der Waals surface area contributed by atoms with Gasteiger partial charge in [0, 0.05) is 57.1 Å². The molecule has 1 aromatic rings. The number of nitrogens with zero attached hydrogens (tertiary/aromatic N) is 3. The van der Waals surface area contributed by atoms with Gasteiger partial charge in [0.15, 0.2) is 5.96 Å². The van der Waals surface area contributed by atoms with E-state index in [0.29, 0.717) is 12.1 Å². The number of amides is 1. The molecule has 2 saturated heterocycles. The van der Waals surface area contributed by atoms with Crippen molar-refractivity contribution in [3.05, 3.63) is 35.4 Å². The number of rotatable bonds is 7. The molecular weight excluding hydrogens is 398 g/mol. The maximum atomic E-state index is 12.0. The molecule has 1 aromatic carbocycles. The number of nitrogens with one attached hydrogen (secondary N) is 2. The molecule has 0 radical (unpaired) electrons. The van der Waals surface area contributed by atoms with Crippen LogP contribution in [0.15, 0.2) is 29.3 Å². The zero-order chi connectivity index (χ0) is 21.4. The van der Waals surface area contributed by atoms with Gasteiger partial charge < -0.3 is 20.3 Å². The smallest absolute Gasteiger partial charge is 0.253 e. The standard InChI is InChI=1S/C22H35N5O2S/c1-4-23-21(24-15-18-5-7-19(8-6-18)20(28)26(2)3)25-16-22(9-14-30-17-22)27-10-12-29-13-11-27/h5-8H,4,9-17H2,1-3H3,(H2,23,24,25). The van der Waals surface area contributed by atoms with Crippen molar-refractivity contribution in [2.75, 3.05) is 65.0 Å². The number of benzene rings is 1. The van der Waals surface area contributed by atoms with Crippen molar-refractivity contribution in [2.24, 2.45) is 4.99 Å². The molecule has 2 heterocycles. The van der Waals surface area contributed by atoms with Gasteiger partial charge in [0.05, 0.1) is 19.8 Å². The van der Waals surface area contributed by atoms with E-state index in [1.807, 2.05) is 36.0 Å². The summed E-state index contributed by atoms with van der Waals surface area (Å²) in [5.41, 5.74) is 1.96. The third-order valence-electron chi connectivity index (χ3n) is 5.72. The van der Waals surface area contributed by atoms with E-state index in [1.165, 1.54) is 12.2 Å². The molecule has 2 aliphatic rings. The lowest BCUT2D eigenvalue weighted by atomic mass is 9.95. The Morgan fingerprint density at radius 1 is 1.23 bits per heavy atom. The van der Waals surface area contributed by atoms with Crippen LogP contribution in [0.4, 0.5) is 0 Å². The molecule has 0 aliphatic carbocycles. The highest BCUT2D eigenvalue weighted by Crippen LogP contribution is 2.33. The molecule has 1 amide bonds. The first kappa shape index (κ1) is 22.9. The number of carbonyl (C=O) groups excluding carboxylic acids is 1. The fraction of sp³-hybridized carbons (Fsp3) is 0.636. The molecule has 0 aromatic heterocycles. The molecule has 0 bridgehead atoms. The molecule has 1 unspecified atom stereocenters. The Morgan fingerprint density at radius 3 is 2.57 bits per heavy atom. The molecule has 166 valence electrons. The van der Waals surface area contributed by atoms with Gasteiger partial charge in [-0.3, -0.25) is 9.69 Å². The summed E-state index contributed by atoms with van der Waals surface area (Å²) in [5.74, 6) is 3.23. The summed E-state index contributed by atoms with van der Waals surface area (Å²) < 4.78 is 5.56. The van der Waals surface area contributed by atoms with Crippen molar-refractivity contribution in [1.82, 2.24) is 20.4 Å². The third kappa shape index (κ3) is 5.89. The van der Waals surface area contributed by atoms with Crippen molar-refractivity contribution in [1.29, 1.82) is 0 Å². The maximum Gasteiger partial charge on any atom is 0.253 e. The van der Waals surface area contributed by atoms with Crippen LogP contribution in [0.2, 0.25) is 0 Å². The normalized spacial score (nSPS) is 22.7. The minimum atomic E-state index is 0.0166. The second-order valence-corrected chi connectivity index (χ2v) is 9.18. The summed E-state index contributed by atoms with van der Waals surface area (Å²) in [6.07, 6.45) is 1.20. The number of morpholine rings is 1. The SMILES string of the molecule is CCNC(=NCc1ccc(C(=O)N(C)C)cc1)NCC1(N2CCOCC2)CCSC1. The fourth-order valence-electron chi connectivity index (χ4n) is 3.91. The molecular formula is C22H35N5O2S. The molecule has 30 heavy (non-hydrogen) atoms. The number of carbonyl (C=O) groups is 1. The molecule has 0 spiro atoms. The molecule has 7 nitrogen and oxygen atoms in total. The molecule has 2 aliphatic heterocycles. The van der Waals surface area contributed by atoms with E-state index >= 15 is 0 Å². The van der Waals surface area contributed by atoms with Crippen LogP contribution >= 0.6 is 11.8 Å². The first-order valence-electron chi connectivity index (χ1n) is 10.8. The van der Waals surface area contributed by atoms with Gasteiger partial charge in [-0.2, -0.15) is 11.8 Å². The van der Waals surface area contributed by atoms with Crippen LogP contribution < -0.4 is 10.6 Å². The number of guanidine groups is 1. The Morgan fingerprint density at radius 2 is 1.97 bits per heavy atom. The zero-order valence-electron chi connectivity index (χ0n) is 18.4. The summed E-state index contributed by atoms with van der Waals surface area (Å²) in [4.78, 5) is 21.0. The van der Waals surface area contributed by atoms with Gasteiger partial charge in [0.2, 0.25) is 0 Å². The summed E-state index contributed by atoms with van der Waals surface area (Å²) in [7, 11) is 3.53. The van der Waals surface area contributed by atoms with Crippen LogP contribution in [-0.2, 0) is 11.3 Å². The quantitative estimate of drug-likeness (QED) is 0.503. The number of hydrogen-bond donors (Lipinski definition) is 2. The minimum absolute atomic E-state index is 0.0166. The monoisotopic (exact) mass is 433 g/mol. The number of aliphatic imine (C=N–C) groups is 1. The Kier molecular flexibility index (Phi) is 8.41. The van der Waals surface area contributed by atoms with Gasteiger partial charge in [-0.05, 0) is 36.8 Å². The van der Waals surface area contributed by atoms with E-state index < -0.39 is 0 Å². The van der Waals surface area contributed by atoms with Crippen molar-refractivity contribution in [3.63, 3.8) is 0 Å². The highest BCUT2D eigenvalue weighted by Gasteiger charge is 2.40. The molecule has 2 N–H and O–H groups in total. The lowest BCUT2D eigenvalue weighted by molar-refractivity contribution is -0.0120. The number of ether oxygens (including phenoxy) is 1. The maximum absolute atomic E-state index is 12.0. The molecule has 8 heteroatoms. The fourth-order valence-corrected chi connectivity index (χ4v) is 5.38. The van der Waals surface area contributed by atoms with Crippen molar-refractivity contribution in [2.45, 2.75) is 25.4 Å². The van der Waals surface area contributed by atoms with Crippen LogP contribution in [0.1, 0.15) is 29.3 Å². The van der Waals surface area contributed by atoms with Crippen molar-refractivity contribution >= 4 is 23.6 Å². The summed E-state index contributed by atoms with van der Waals surface area (Å²) >= 11 is 2.04. The largest absolute Gasteiger partial charge is 0.379 e. The summed E-state index contributed by atoms with van der Waals surface area (Å²) in [6.45, 7) is 8.04. The molecule has 0 saturated carbocycles. The second kappa shape index (κ2) is 11.0. The van der Waals surface area contributed by atoms with Gasteiger partial charge in [-0.1, -0.05) is 12.1 Å². The highest BCUT2D eigenvalue weighted by molar-refractivity contribution is 7.99. The van der Waals surface area contributed by atoms with Gasteiger partial charge >= 0.3 is 0 Å². The van der Waals surface area contributed by atoms with E-state index in [2.05, 4.69) is 22.5 Å². The van der Waals surface area contributed by atoms with Crippen molar-refractivity contribution in [3.8, 4) is 0 Å². The van der Waals surface area contributed by atoms with Gasteiger partial charge in [0.25, 0.3) is 5.91 Å². The Labute approximate surface area is 184 Å². The predicted octanol–water partition coefficient (Wildman–Crippen LogP) is 1.65. The molecule has 2 fully saturated rings. The average Bonchev–Trinajstić information content (AvgIpc) is 3.26. The zero-order valence-corrected chi connectivity index (χ0v) is 19.3. The Hall–Kier alpha value is -1.77. The third-order valence-corrected chi connectivity index (χ3v) is 6.95. The van der Waals surface area contributed by atoms with Crippen LogP contribution in [-0.4, -0.2) is 92.2 Å². The second-order valence-electron chi connectivity index (χ2n) is 8.07. The van der Waals surface area contributed by atoms with Gasteiger partial charge in [-0.25, -0.2) is 4.99 Å². The van der Waals surface area contributed by atoms with E-state index in [9.17, 15) is 4.79 Å². The predicted molar refractivity (Wildman–Crippen MR) is 124 cm³/mol. The van der Waals surface area contributed by atoms with E-state index in [0.717, 1.165) is 56.7 Å². The lowest BCUT2D eigenvalue weighted by Crippen LogP contribution is -2.60. The lowest BCUT2D eigenvalue weighted by Gasteiger charge is -2.43. The first-order valence-corrected chi connectivity index (χ1v) is 11.9. The van der Waals surface area contributed by atoms with E-state index in [-0.39, 0.29) is 11.4 Å². The minimum Gasteiger partial charge on any atom is -0.379 e. The highest BCUT2D eigenvalue weighted by atomic mass is 32.2. The number of hydrogen-bond acceptors (Lipinski definition) is 5. The number of thioether (sulfide) groups is 1. The Bertz CT molecular complexity index is 711. The summed E-state index contributed by atoms with van der Waals surface area (Å²) in [6, 6.07) is 7.70.